The average Bonchev–Trinajstić information content (AvgIpc) is 2.60. The number of amidine groups is 1. The van der Waals surface area contributed by atoms with Crippen molar-refractivity contribution in [3.63, 3.8) is 0 Å². The third-order valence-electron chi connectivity index (χ3n) is 2.24. The van der Waals surface area contributed by atoms with Crippen molar-refractivity contribution in [1.82, 2.24) is 10.9 Å². The van der Waals surface area contributed by atoms with E-state index in [4.69, 9.17) is 23.2 Å². The minimum absolute atomic E-state index is 0.0423. The van der Waals surface area contributed by atoms with Gasteiger partial charge in [-0.1, -0.05) is 11.6 Å². The zero-order chi connectivity index (χ0) is 11.0. The molecular formula is C7H8Cl2N4O2. The minimum atomic E-state index is -0.599. The molecule has 0 saturated carbocycles. The summed E-state index contributed by atoms with van der Waals surface area (Å²) in [6, 6.07) is -1.36. The topological polar surface area (TPSA) is 75.1 Å². The number of rotatable bonds is 1. The number of fused-ring (bicyclic) bond motifs is 1. The Bertz CT molecular complexity index is 357. The second-order valence-electron chi connectivity index (χ2n) is 3.09. The molecule has 0 aliphatic carbocycles. The van der Waals surface area contributed by atoms with E-state index in [0.717, 1.165) is 0 Å². The Kier molecular flexibility index (Phi) is 2.92. The summed E-state index contributed by atoms with van der Waals surface area (Å²) in [4.78, 5) is 19.2. The van der Waals surface area contributed by atoms with Gasteiger partial charge in [-0.15, -0.1) is 0 Å². The Balaban J connectivity index is 2.24. The molecule has 0 spiro atoms. The monoisotopic (exact) mass is 250 g/mol. The van der Waals surface area contributed by atoms with Crippen molar-refractivity contribution in [2.45, 2.75) is 18.1 Å². The highest BCUT2D eigenvalue weighted by molar-refractivity contribution is 6.72. The fourth-order valence-electron chi connectivity index (χ4n) is 1.53. The first-order valence-electron chi connectivity index (χ1n) is 4.19. The molecule has 82 valence electrons. The van der Waals surface area contributed by atoms with E-state index in [9.17, 15) is 4.79 Å². The van der Waals surface area contributed by atoms with Crippen LogP contribution in [-0.4, -0.2) is 41.7 Å². The van der Waals surface area contributed by atoms with Crippen LogP contribution in [0.5, 0.6) is 0 Å². The number of nitrogens with one attached hydrogen (secondary N) is 2. The van der Waals surface area contributed by atoms with Gasteiger partial charge in [-0.05, 0) is 11.6 Å². The summed E-state index contributed by atoms with van der Waals surface area (Å²) in [6.07, 6.45) is 0. The molecule has 1 saturated heterocycles. The number of hydrazine groups is 1. The number of carbonyl (C=O) groups excluding carboxylic acids is 1. The molecule has 6 nitrogen and oxygen atoms in total. The van der Waals surface area contributed by atoms with E-state index in [2.05, 4.69) is 25.6 Å². The number of hydrogen-bond acceptors (Lipinski definition) is 6. The van der Waals surface area contributed by atoms with Crippen LogP contribution in [0.3, 0.4) is 0 Å². The van der Waals surface area contributed by atoms with E-state index < -0.39 is 18.1 Å². The Morgan fingerprint density at radius 3 is 2.87 bits per heavy atom. The van der Waals surface area contributed by atoms with Crippen LogP contribution in [0.4, 0.5) is 0 Å². The van der Waals surface area contributed by atoms with E-state index >= 15 is 0 Å². The van der Waals surface area contributed by atoms with Gasteiger partial charge in [-0.25, -0.2) is 20.8 Å². The van der Waals surface area contributed by atoms with Gasteiger partial charge in [0.05, 0.1) is 13.2 Å². The van der Waals surface area contributed by atoms with E-state index in [0.29, 0.717) is 0 Å². The summed E-state index contributed by atoms with van der Waals surface area (Å²) in [5, 5.41) is 0.319. The number of aliphatic imine (C=N–C) groups is 2. The fourth-order valence-corrected chi connectivity index (χ4v) is 2.04. The van der Waals surface area contributed by atoms with Crippen molar-refractivity contribution in [1.29, 1.82) is 0 Å². The van der Waals surface area contributed by atoms with E-state index in [-0.39, 0.29) is 16.5 Å². The maximum atomic E-state index is 11.4. The molecule has 0 amide bonds. The predicted octanol–water partition coefficient (Wildman–Crippen LogP) is -0.381. The highest BCUT2D eigenvalue weighted by atomic mass is 35.5. The molecule has 2 heterocycles. The van der Waals surface area contributed by atoms with Crippen LogP contribution in [0.15, 0.2) is 9.98 Å². The van der Waals surface area contributed by atoms with Crippen LogP contribution in [-0.2, 0) is 9.53 Å². The largest absolute Gasteiger partial charge is 0.468 e. The number of halogens is 2. The first-order valence-corrected chi connectivity index (χ1v) is 4.95. The van der Waals surface area contributed by atoms with Gasteiger partial charge in [-0.3, -0.25) is 4.79 Å². The molecule has 2 N–H and O–H groups in total. The van der Waals surface area contributed by atoms with Crippen molar-refractivity contribution in [3.05, 3.63) is 0 Å². The molecule has 0 radical (unpaired) electrons. The smallest absolute Gasteiger partial charge is 0.326 e. The maximum Gasteiger partial charge on any atom is 0.326 e. The van der Waals surface area contributed by atoms with Crippen molar-refractivity contribution < 1.29 is 9.53 Å². The molecule has 0 aromatic carbocycles. The van der Waals surface area contributed by atoms with Crippen molar-refractivity contribution >= 4 is 39.6 Å². The SMILES string of the molecule is COC(=O)C1NNC2C(Cl)=NC(Cl)=NC12. The van der Waals surface area contributed by atoms with Crippen LogP contribution >= 0.6 is 23.2 Å². The Morgan fingerprint density at radius 1 is 1.47 bits per heavy atom. The fraction of sp³-hybridized carbons (Fsp3) is 0.571. The van der Waals surface area contributed by atoms with Gasteiger partial charge < -0.3 is 4.74 Å². The second kappa shape index (κ2) is 4.05. The van der Waals surface area contributed by atoms with Crippen LogP contribution in [0.2, 0.25) is 0 Å². The van der Waals surface area contributed by atoms with Crippen molar-refractivity contribution in [2.75, 3.05) is 7.11 Å². The molecule has 15 heavy (non-hydrogen) atoms. The average molecular weight is 251 g/mol. The van der Waals surface area contributed by atoms with Gasteiger partial charge in [-0.2, -0.15) is 0 Å². The summed E-state index contributed by atoms with van der Waals surface area (Å²) >= 11 is 11.5. The Labute approximate surface area is 95.7 Å². The standard InChI is InChI=1S/C7H8Cl2N4O2/c1-15-6(14)4-2-3(12-13-4)5(8)11-7(9)10-2/h2-4,12-13H,1H3. The highest BCUT2D eigenvalue weighted by Gasteiger charge is 2.44. The molecule has 2 rings (SSSR count). The van der Waals surface area contributed by atoms with E-state index in [1.165, 1.54) is 7.11 Å². The molecule has 0 aromatic rings. The third-order valence-corrected chi connectivity index (χ3v) is 2.75. The highest BCUT2D eigenvalue weighted by Crippen LogP contribution is 2.20. The van der Waals surface area contributed by atoms with Gasteiger partial charge in [0.1, 0.15) is 17.3 Å². The number of nitrogens with zero attached hydrogens (tertiary/aromatic N) is 2. The predicted molar refractivity (Wildman–Crippen MR) is 56.2 cm³/mol. The number of hydrogen-bond donors (Lipinski definition) is 2. The van der Waals surface area contributed by atoms with E-state index in [1.54, 1.807) is 0 Å². The van der Waals surface area contributed by atoms with Crippen molar-refractivity contribution in [3.8, 4) is 0 Å². The molecule has 1 fully saturated rings. The molecule has 0 bridgehead atoms. The number of carbonyl (C=O) groups is 1. The molecule has 8 heteroatoms. The summed E-state index contributed by atoms with van der Waals surface area (Å²) < 4.78 is 4.62. The van der Waals surface area contributed by atoms with Gasteiger partial charge in [0, 0.05) is 0 Å². The lowest BCUT2D eigenvalue weighted by Gasteiger charge is -2.19. The van der Waals surface area contributed by atoms with Gasteiger partial charge in [0.25, 0.3) is 0 Å². The number of esters is 1. The first kappa shape index (κ1) is 10.8. The van der Waals surface area contributed by atoms with Gasteiger partial charge in [0.2, 0.25) is 5.29 Å². The Morgan fingerprint density at radius 2 is 2.20 bits per heavy atom. The molecule has 2 aliphatic rings. The zero-order valence-electron chi connectivity index (χ0n) is 7.70. The quantitative estimate of drug-likeness (QED) is 0.492. The minimum Gasteiger partial charge on any atom is -0.468 e. The van der Waals surface area contributed by atoms with Gasteiger partial charge in [0.15, 0.2) is 0 Å². The normalized spacial score (nSPS) is 34.2. The molecule has 3 unspecified atom stereocenters. The summed E-state index contributed by atoms with van der Waals surface area (Å²) in [7, 11) is 1.31. The third kappa shape index (κ3) is 1.85. The van der Waals surface area contributed by atoms with Crippen LogP contribution in [0.25, 0.3) is 0 Å². The number of ether oxygens (including phenoxy) is 1. The van der Waals surface area contributed by atoms with Gasteiger partial charge >= 0.3 is 5.97 Å². The van der Waals surface area contributed by atoms with Crippen LogP contribution < -0.4 is 10.9 Å². The molecular weight excluding hydrogens is 243 g/mol. The lowest BCUT2D eigenvalue weighted by Crippen LogP contribution is -2.42. The molecule has 0 aromatic heterocycles. The summed E-state index contributed by atoms with van der Waals surface area (Å²) in [6.45, 7) is 0. The van der Waals surface area contributed by atoms with Crippen LogP contribution in [0.1, 0.15) is 0 Å². The van der Waals surface area contributed by atoms with Crippen LogP contribution in [0, 0.1) is 0 Å². The number of methoxy groups -OCH3 is 1. The molecule has 2 aliphatic heterocycles. The Hall–Kier alpha value is -0.690. The second-order valence-corrected chi connectivity index (χ2v) is 3.82. The zero-order valence-corrected chi connectivity index (χ0v) is 9.21. The van der Waals surface area contributed by atoms with E-state index in [1.807, 2.05) is 0 Å². The first-order chi connectivity index (χ1) is 7.13. The lowest BCUT2D eigenvalue weighted by molar-refractivity contribution is -0.143. The van der Waals surface area contributed by atoms with Crippen molar-refractivity contribution in [2.24, 2.45) is 9.98 Å². The lowest BCUT2D eigenvalue weighted by atomic mass is 10.0. The molecule has 3 atom stereocenters. The summed E-state index contributed by atoms with van der Waals surface area (Å²) in [5.41, 5.74) is 5.56. The maximum absolute atomic E-state index is 11.4. The summed E-state index contributed by atoms with van der Waals surface area (Å²) in [5.74, 6) is -0.422.